The molecule has 22 heavy (non-hydrogen) atoms. The molecule has 2 rings (SSSR count). The van der Waals surface area contributed by atoms with Gasteiger partial charge in [-0.15, -0.1) is 0 Å². The Balaban J connectivity index is 2.22. The molecule has 0 heterocycles. The molecule has 0 spiro atoms. The standard InChI is InChI=1S/C17H16INO3/c1-10(2)13-9-15(11(3)8-16(13)20)19-22-17(21)12-6-4-5-7-14(12)18/h4-10H,1-3H3/b19-15+. The number of ketones is 1. The second-order valence-electron chi connectivity index (χ2n) is 5.28. The first-order chi connectivity index (χ1) is 10.4. The van der Waals surface area contributed by atoms with Gasteiger partial charge in [0, 0.05) is 9.14 Å². The fourth-order valence-corrected chi connectivity index (χ4v) is 2.61. The number of halogens is 1. The van der Waals surface area contributed by atoms with Crippen LogP contribution in [0.5, 0.6) is 0 Å². The van der Waals surface area contributed by atoms with Gasteiger partial charge in [-0.2, -0.15) is 0 Å². The first-order valence-corrected chi connectivity index (χ1v) is 7.96. The normalized spacial score (nSPS) is 16.6. The van der Waals surface area contributed by atoms with E-state index in [-0.39, 0.29) is 11.7 Å². The summed E-state index contributed by atoms with van der Waals surface area (Å²) in [7, 11) is 0. The minimum atomic E-state index is -0.512. The molecule has 1 aromatic carbocycles. The Kier molecular flexibility index (Phi) is 5.28. The van der Waals surface area contributed by atoms with E-state index in [4.69, 9.17) is 4.84 Å². The highest BCUT2D eigenvalue weighted by molar-refractivity contribution is 14.1. The van der Waals surface area contributed by atoms with Crippen molar-refractivity contribution in [2.75, 3.05) is 0 Å². The van der Waals surface area contributed by atoms with E-state index in [1.165, 1.54) is 6.08 Å². The zero-order chi connectivity index (χ0) is 16.3. The summed E-state index contributed by atoms with van der Waals surface area (Å²) in [6.45, 7) is 5.65. The summed E-state index contributed by atoms with van der Waals surface area (Å²) in [5.74, 6) is -0.440. The Morgan fingerprint density at radius 2 is 1.91 bits per heavy atom. The first kappa shape index (κ1) is 16.6. The van der Waals surface area contributed by atoms with Gasteiger partial charge in [-0.1, -0.05) is 31.1 Å². The molecule has 0 amide bonds. The number of benzene rings is 1. The fraction of sp³-hybridized carbons (Fsp3) is 0.235. The summed E-state index contributed by atoms with van der Waals surface area (Å²) in [6, 6.07) is 7.13. The smallest absolute Gasteiger partial charge is 0.312 e. The minimum absolute atomic E-state index is 0.0182. The molecule has 5 heteroatoms. The number of nitrogens with zero attached hydrogens (tertiary/aromatic N) is 1. The molecule has 0 N–H and O–H groups in total. The molecule has 0 atom stereocenters. The van der Waals surface area contributed by atoms with Crippen LogP contribution in [-0.2, 0) is 9.63 Å². The van der Waals surface area contributed by atoms with Crippen molar-refractivity contribution in [3.05, 3.63) is 56.7 Å². The van der Waals surface area contributed by atoms with Crippen molar-refractivity contribution in [3.8, 4) is 0 Å². The van der Waals surface area contributed by atoms with Gasteiger partial charge < -0.3 is 4.84 Å². The van der Waals surface area contributed by atoms with E-state index in [2.05, 4.69) is 27.7 Å². The van der Waals surface area contributed by atoms with E-state index in [0.29, 0.717) is 22.4 Å². The van der Waals surface area contributed by atoms with E-state index in [0.717, 1.165) is 3.57 Å². The zero-order valence-corrected chi connectivity index (χ0v) is 14.7. The SMILES string of the molecule is CC1=CC(=O)C(C(C)C)=C/C1=N\OC(=O)c1ccccc1I. The zero-order valence-electron chi connectivity index (χ0n) is 12.6. The number of rotatable bonds is 3. The lowest BCUT2D eigenvalue weighted by Gasteiger charge is -2.14. The van der Waals surface area contributed by atoms with Gasteiger partial charge in [0.2, 0.25) is 0 Å². The van der Waals surface area contributed by atoms with Crippen molar-refractivity contribution in [1.29, 1.82) is 0 Å². The quantitative estimate of drug-likeness (QED) is 0.329. The largest absolute Gasteiger partial charge is 0.366 e. The lowest BCUT2D eigenvalue weighted by molar-refractivity contribution is -0.111. The summed E-state index contributed by atoms with van der Waals surface area (Å²) in [5, 5.41) is 3.92. The first-order valence-electron chi connectivity index (χ1n) is 6.88. The molecule has 0 fully saturated rings. The van der Waals surface area contributed by atoms with Crippen LogP contribution in [0.3, 0.4) is 0 Å². The van der Waals surface area contributed by atoms with Crippen LogP contribution in [0.15, 0.2) is 52.7 Å². The van der Waals surface area contributed by atoms with Crippen molar-refractivity contribution in [2.45, 2.75) is 20.8 Å². The number of hydrogen-bond donors (Lipinski definition) is 0. The molecule has 0 aliphatic heterocycles. The molecule has 0 aromatic heterocycles. The third-order valence-electron chi connectivity index (χ3n) is 3.27. The van der Waals surface area contributed by atoms with Crippen molar-refractivity contribution in [2.24, 2.45) is 11.1 Å². The topological polar surface area (TPSA) is 55.7 Å². The minimum Gasteiger partial charge on any atom is -0.312 e. The van der Waals surface area contributed by atoms with E-state index in [9.17, 15) is 9.59 Å². The maximum Gasteiger partial charge on any atom is 0.366 e. The van der Waals surface area contributed by atoms with Crippen LogP contribution >= 0.6 is 22.6 Å². The van der Waals surface area contributed by atoms with E-state index < -0.39 is 5.97 Å². The predicted octanol–water partition coefficient (Wildman–Crippen LogP) is 3.92. The van der Waals surface area contributed by atoms with Crippen LogP contribution in [0.25, 0.3) is 0 Å². The molecule has 0 bridgehead atoms. The van der Waals surface area contributed by atoms with E-state index in [1.807, 2.05) is 26.0 Å². The molecule has 0 unspecified atom stereocenters. The van der Waals surface area contributed by atoms with Crippen molar-refractivity contribution in [1.82, 2.24) is 0 Å². The highest BCUT2D eigenvalue weighted by atomic mass is 127. The average molecular weight is 409 g/mol. The highest BCUT2D eigenvalue weighted by Crippen LogP contribution is 2.20. The Hall–Kier alpha value is -1.76. The van der Waals surface area contributed by atoms with Gasteiger partial charge in [-0.25, -0.2) is 4.79 Å². The van der Waals surface area contributed by atoms with Gasteiger partial charge in [0.1, 0.15) is 5.71 Å². The molecule has 0 saturated heterocycles. The van der Waals surface area contributed by atoms with Gasteiger partial charge >= 0.3 is 5.97 Å². The van der Waals surface area contributed by atoms with Gasteiger partial charge in [0.05, 0.1) is 5.56 Å². The van der Waals surface area contributed by atoms with E-state index in [1.54, 1.807) is 25.1 Å². The van der Waals surface area contributed by atoms with Crippen LogP contribution < -0.4 is 0 Å². The Morgan fingerprint density at radius 1 is 1.23 bits per heavy atom. The van der Waals surface area contributed by atoms with Gasteiger partial charge in [0.15, 0.2) is 5.78 Å². The number of hydrogen-bond acceptors (Lipinski definition) is 4. The van der Waals surface area contributed by atoms with Crippen LogP contribution in [0.2, 0.25) is 0 Å². The second kappa shape index (κ2) is 7.00. The summed E-state index contributed by atoms with van der Waals surface area (Å²) >= 11 is 2.07. The van der Waals surface area contributed by atoms with Gasteiger partial charge in [0.25, 0.3) is 0 Å². The van der Waals surface area contributed by atoms with Crippen molar-refractivity contribution in [3.63, 3.8) is 0 Å². The monoisotopic (exact) mass is 409 g/mol. The van der Waals surface area contributed by atoms with Crippen LogP contribution in [-0.4, -0.2) is 17.5 Å². The van der Waals surface area contributed by atoms with Crippen LogP contribution in [0.1, 0.15) is 31.1 Å². The average Bonchev–Trinajstić information content (AvgIpc) is 2.46. The third-order valence-corrected chi connectivity index (χ3v) is 4.21. The molecule has 1 aliphatic rings. The number of carbonyl (C=O) groups excluding carboxylic acids is 2. The van der Waals surface area contributed by atoms with Crippen molar-refractivity contribution < 1.29 is 14.4 Å². The molecule has 114 valence electrons. The molecular formula is C17H16INO3. The number of oxime groups is 1. The summed E-state index contributed by atoms with van der Waals surface area (Å²) in [6.07, 6.45) is 3.21. The van der Waals surface area contributed by atoms with Crippen LogP contribution in [0, 0.1) is 9.49 Å². The van der Waals surface area contributed by atoms with Crippen molar-refractivity contribution >= 4 is 40.1 Å². The maximum absolute atomic E-state index is 12.1. The highest BCUT2D eigenvalue weighted by Gasteiger charge is 2.19. The Morgan fingerprint density at radius 3 is 2.55 bits per heavy atom. The van der Waals surface area contributed by atoms with Crippen LogP contribution in [0.4, 0.5) is 0 Å². The molecular weight excluding hydrogens is 393 g/mol. The maximum atomic E-state index is 12.1. The van der Waals surface area contributed by atoms with Gasteiger partial charge in [-0.05, 0) is 65.3 Å². The fourth-order valence-electron chi connectivity index (χ4n) is 2.00. The number of carbonyl (C=O) groups is 2. The molecule has 0 saturated carbocycles. The third kappa shape index (κ3) is 3.71. The summed E-state index contributed by atoms with van der Waals surface area (Å²) in [4.78, 5) is 29.0. The second-order valence-corrected chi connectivity index (χ2v) is 6.44. The summed E-state index contributed by atoms with van der Waals surface area (Å²) < 4.78 is 0.801. The molecule has 1 aliphatic carbocycles. The molecule has 0 radical (unpaired) electrons. The lowest BCUT2D eigenvalue weighted by atomic mass is 9.90. The number of allylic oxidation sites excluding steroid dienone is 4. The lowest BCUT2D eigenvalue weighted by Crippen LogP contribution is -2.16. The summed E-state index contributed by atoms with van der Waals surface area (Å²) in [5.41, 5.74) is 2.32. The predicted molar refractivity (Wildman–Crippen MR) is 93.7 cm³/mol. The molecule has 4 nitrogen and oxygen atoms in total. The molecule has 1 aromatic rings. The van der Waals surface area contributed by atoms with E-state index >= 15 is 0 Å². The Labute approximate surface area is 143 Å². The Bertz CT molecular complexity index is 714. The van der Waals surface area contributed by atoms with Gasteiger partial charge in [-0.3, -0.25) is 4.79 Å².